The maximum atomic E-state index is 8.78. The number of aromatic nitrogens is 2. The molecule has 0 spiro atoms. The van der Waals surface area contributed by atoms with Crippen LogP contribution in [0.1, 0.15) is 19.0 Å². The minimum Gasteiger partial charge on any atom is -0.396 e. The molecule has 1 rings (SSSR count). The quantitative estimate of drug-likeness (QED) is 0.714. The molecule has 0 radical (unpaired) electrons. The molecule has 5 heteroatoms. The number of rotatable bonds is 7. The Morgan fingerprint density at radius 2 is 2.19 bits per heavy atom. The summed E-state index contributed by atoms with van der Waals surface area (Å²) in [5, 5.41) is 11.7. The molecule has 2 N–H and O–H groups in total. The largest absolute Gasteiger partial charge is 0.396 e. The van der Waals surface area contributed by atoms with Crippen LogP contribution in [0.4, 0.5) is 5.82 Å². The third-order valence-corrected chi connectivity index (χ3v) is 2.43. The van der Waals surface area contributed by atoms with E-state index in [0.717, 1.165) is 37.6 Å². The summed E-state index contributed by atoms with van der Waals surface area (Å²) < 4.78 is 0. The van der Waals surface area contributed by atoms with Gasteiger partial charge in [0, 0.05) is 26.7 Å². The van der Waals surface area contributed by atoms with E-state index in [0.29, 0.717) is 0 Å². The molecular formula is C11H20N4O. The fourth-order valence-corrected chi connectivity index (χ4v) is 1.44. The number of nitrogens with one attached hydrogen (secondary N) is 1. The van der Waals surface area contributed by atoms with E-state index in [9.17, 15) is 0 Å². The first kappa shape index (κ1) is 12.9. The Morgan fingerprint density at radius 3 is 2.69 bits per heavy atom. The van der Waals surface area contributed by atoms with Gasteiger partial charge in [-0.2, -0.15) is 0 Å². The minimum atomic E-state index is 0.237. The number of hydrogen-bond donors (Lipinski definition) is 2. The van der Waals surface area contributed by atoms with Gasteiger partial charge in [-0.05, 0) is 13.0 Å². The highest BCUT2D eigenvalue weighted by atomic mass is 16.3. The number of anilines is 1. The zero-order valence-electron chi connectivity index (χ0n) is 9.98. The van der Waals surface area contributed by atoms with Crippen molar-refractivity contribution in [3.05, 3.63) is 18.1 Å². The van der Waals surface area contributed by atoms with Gasteiger partial charge in [0.1, 0.15) is 5.82 Å². The Hall–Kier alpha value is -1.20. The highest BCUT2D eigenvalue weighted by Gasteiger charge is 2.04. The number of hydrogen-bond acceptors (Lipinski definition) is 5. The van der Waals surface area contributed by atoms with Gasteiger partial charge >= 0.3 is 0 Å². The summed E-state index contributed by atoms with van der Waals surface area (Å²) in [7, 11) is 1.82. The molecule has 90 valence electrons. The third kappa shape index (κ3) is 4.12. The first-order valence-electron chi connectivity index (χ1n) is 5.62. The molecule has 0 unspecified atom stereocenters. The van der Waals surface area contributed by atoms with Crippen molar-refractivity contribution >= 4 is 5.82 Å². The van der Waals surface area contributed by atoms with Gasteiger partial charge in [-0.1, -0.05) is 6.92 Å². The lowest BCUT2D eigenvalue weighted by Crippen LogP contribution is -2.25. The van der Waals surface area contributed by atoms with Crippen molar-refractivity contribution in [3.8, 4) is 0 Å². The van der Waals surface area contributed by atoms with Crippen molar-refractivity contribution < 1.29 is 5.11 Å². The van der Waals surface area contributed by atoms with Crippen LogP contribution in [0, 0.1) is 0 Å². The smallest absolute Gasteiger partial charge is 0.144 e. The van der Waals surface area contributed by atoms with Crippen LogP contribution < -0.4 is 5.32 Å². The molecule has 16 heavy (non-hydrogen) atoms. The zero-order valence-corrected chi connectivity index (χ0v) is 9.98. The zero-order chi connectivity index (χ0) is 11.8. The van der Waals surface area contributed by atoms with Crippen molar-refractivity contribution in [2.45, 2.75) is 19.9 Å². The van der Waals surface area contributed by atoms with Crippen LogP contribution in [0.25, 0.3) is 0 Å². The molecule has 0 aliphatic carbocycles. The van der Waals surface area contributed by atoms with Gasteiger partial charge in [0.15, 0.2) is 0 Å². The molecule has 1 aromatic rings. The summed E-state index contributed by atoms with van der Waals surface area (Å²) in [4.78, 5) is 10.8. The molecule has 0 bridgehead atoms. The van der Waals surface area contributed by atoms with E-state index in [2.05, 4.69) is 27.1 Å². The van der Waals surface area contributed by atoms with Crippen LogP contribution >= 0.6 is 0 Å². The Labute approximate surface area is 96.5 Å². The maximum absolute atomic E-state index is 8.78. The summed E-state index contributed by atoms with van der Waals surface area (Å²) in [6.45, 7) is 4.97. The minimum absolute atomic E-state index is 0.237. The Kier molecular flexibility index (Phi) is 5.74. The lowest BCUT2D eigenvalue weighted by molar-refractivity contribution is 0.224. The second-order valence-electron chi connectivity index (χ2n) is 3.59. The summed E-state index contributed by atoms with van der Waals surface area (Å²) in [6.07, 6.45) is 4.32. The fourth-order valence-electron chi connectivity index (χ4n) is 1.44. The third-order valence-electron chi connectivity index (χ3n) is 2.43. The molecule has 0 saturated carbocycles. The number of aliphatic hydroxyl groups is 1. The Morgan fingerprint density at radius 1 is 1.38 bits per heavy atom. The van der Waals surface area contributed by atoms with Crippen LogP contribution in [-0.2, 0) is 6.54 Å². The first-order chi connectivity index (χ1) is 7.80. The van der Waals surface area contributed by atoms with Gasteiger partial charge in [-0.25, -0.2) is 4.98 Å². The molecule has 0 atom stereocenters. The molecule has 0 aromatic carbocycles. The van der Waals surface area contributed by atoms with E-state index < -0.39 is 0 Å². The predicted molar refractivity (Wildman–Crippen MR) is 64.2 cm³/mol. The van der Waals surface area contributed by atoms with Crippen molar-refractivity contribution in [2.75, 3.05) is 32.1 Å². The Balaban J connectivity index is 2.49. The molecule has 0 amide bonds. The van der Waals surface area contributed by atoms with Crippen LogP contribution in [0.2, 0.25) is 0 Å². The van der Waals surface area contributed by atoms with Crippen molar-refractivity contribution in [2.24, 2.45) is 0 Å². The second-order valence-corrected chi connectivity index (χ2v) is 3.59. The Bertz CT molecular complexity index is 289. The molecule has 0 saturated heterocycles. The summed E-state index contributed by atoms with van der Waals surface area (Å²) in [5.74, 6) is 0.780. The van der Waals surface area contributed by atoms with Gasteiger partial charge in [-0.3, -0.25) is 9.88 Å². The van der Waals surface area contributed by atoms with E-state index in [1.165, 1.54) is 0 Å². The summed E-state index contributed by atoms with van der Waals surface area (Å²) in [5.41, 5.74) is 0.957. The van der Waals surface area contributed by atoms with Gasteiger partial charge in [-0.15, -0.1) is 0 Å². The standard InChI is InChI=1S/C11H20N4O/c1-3-15(5-4-6-16)9-10-7-14-11(12-2)8-13-10/h7-8,16H,3-6,9H2,1-2H3,(H,12,14). The first-order valence-corrected chi connectivity index (χ1v) is 5.62. The van der Waals surface area contributed by atoms with Crippen molar-refractivity contribution in [1.29, 1.82) is 0 Å². The van der Waals surface area contributed by atoms with Gasteiger partial charge in [0.25, 0.3) is 0 Å². The van der Waals surface area contributed by atoms with Crippen molar-refractivity contribution in [1.82, 2.24) is 14.9 Å². The van der Waals surface area contributed by atoms with Crippen LogP contribution in [0.15, 0.2) is 12.4 Å². The molecule has 0 fully saturated rings. The molecule has 1 heterocycles. The molecular weight excluding hydrogens is 204 g/mol. The predicted octanol–water partition coefficient (Wildman–Crippen LogP) is 0.723. The second kappa shape index (κ2) is 7.14. The van der Waals surface area contributed by atoms with E-state index >= 15 is 0 Å². The van der Waals surface area contributed by atoms with Crippen LogP contribution in [-0.4, -0.2) is 46.7 Å². The van der Waals surface area contributed by atoms with E-state index in [1.54, 1.807) is 12.4 Å². The van der Waals surface area contributed by atoms with Crippen LogP contribution in [0.3, 0.4) is 0 Å². The van der Waals surface area contributed by atoms with Gasteiger partial charge in [0.2, 0.25) is 0 Å². The maximum Gasteiger partial charge on any atom is 0.144 e. The van der Waals surface area contributed by atoms with Crippen molar-refractivity contribution in [3.63, 3.8) is 0 Å². The molecule has 1 aromatic heterocycles. The number of aliphatic hydroxyl groups excluding tert-OH is 1. The monoisotopic (exact) mass is 224 g/mol. The number of nitrogens with zero attached hydrogens (tertiary/aromatic N) is 3. The normalized spacial score (nSPS) is 10.8. The highest BCUT2D eigenvalue weighted by molar-refractivity contribution is 5.29. The summed E-state index contributed by atoms with van der Waals surface area (Å²) in [6, 6.07) is 0. The van der Waals surface area contributed by atoms with Crippen LogP contribution in [0.5, 0.6) is 0 Å². The van der Waals surface area contributed by atoms with E-state index in [1.807, 2.05) is 7.05 Å². The molecule has 0 aliphatic rings. The SMILES string of the molecule is CCN(CCCO)Cc1cnc(NC)cn1. The lowest BCUT2D eigenvalue weighted by atomic mass is 10.3. The lowest BCUT2D eigenvalue weighted by Gasteiger charge is -2.19. The fraction of sp³-hybridized carbons (Fsp3) is 0.636. The molecule has 0 aliphatic heterocycles. The topological polar surface area (TPSA) is 61.3 Å². The highest BCUT2D eigenvalue weighted by Crippen LogP contribution is 2.03. The van der Waals surface area contributed by atoms with Gasteiger partial charge < -0.3 is 10.4 Å². The molecule has 5 nitrogen and oxygen atoms in total. The van der Waals surface area contributed by atoms with E-state index in [-0.39, 0.29) is 6.61 Å². The summed E-state index contributed by atoms with van der Waals surface area (Å²) >= 11 is 0. The van der Waals surface area contributed by atoms with E-state index in [4.69, 9.17) is 5.11 Å². The van der Waals surface area contributed by atoms with Gasteiger partial charge in [0.05, 0.1) is 18.1 Å². The average molecular weight is 224 g/mol. The average Bonchev–Trinajstić information content (AvgIpc) is 2.35.